The second-order valence-corrected chi connectivity index (χ2v) is 5.13. The van der Waals surface area contributed by atoms with Crippen LogP contribution in [0, 0.1) is 5.92 Å². The van der Waals surface area contributed by atoms with Crippen molar-refractivity contribution in [1.82, 2.24) is 15.1 Å². The molecule has 0 radical (unpaired) electrons. The predicted octanol–water partition coefficient (Wildman–Crippen LogP) is -1.86. The van der Waals surface area contributed by atoms with Crippen molar-refractivity contribution in [1.29, 1.82) is 0 Å². The molecule has 0 bridgehead atoms. The Balaban J connectivity index is 1.86. The van der Waals surface area contributed by atoms with Crippen LogP contribution in [0.1, 0.15) is 12.8 Å². The molecule has 0 aliphatic carbocycles. The van der Waals surface area contributed by atoms with Gasteiger partial charge < -0.3 is 16.0 Å². The van der Waals surface area contributed by atoms with E-state index in [0.29, 0.717) is 32.6 Å². The lowest BCUT2D eigenvalue weighted by molar-refractivity contribution is -0.135. The van der Waals surface area contributed by atoms with E-state index >= 15 is 0 Å². The predicted molar refractivity (Wildman–Crippen MR) is 67.9 cm³/mol. The smallest absolute Gasteiger partial charge is 0.231 e. The van der Waals surface area contributed by atoms with E-state index in [9.17, 15) is 14.4 Å². The highest BCUT2D eigenvalue weighted by Crippen LogP contribution is 2.14. The maximum atomic E-state index is 12.3. The fourth-order valence-corrected chi connectivity index (χ4v) is 2.61. The Morgan fingerprint density at radius 3 is 2.68 bits per heavy atom. The number of carbonyl (C=O) groups is 3. The molecule has 2 aliphatic rings. The van der Waals surface area contributed by atoms with Crippen molar-refractivity contribution in [3.05, 3.63) is 0 Å². The number of hydrogen-bond donors (Lipinski definition) is 2. The molecule has 1 atom stereocenters. The Bertz CT molecular complexity index is 385. The first-order valence-electron chi connectivity index (χ1n) is 6.62. The number of primary amides is 1. The first kappa shape index (κ1) is 13.8. The normalized spacial score (nSPS) is 24.9. The fraction of sp³-hybridized carbons (Fsp3) is 0.750. The van der Waals surface area contributed by atoms with Crippen LogP contribution in [0.5, 0.6) is 0 Å². The van der Waals surface area contributed by atoms with Gasteiger partial charge in [-0.25, -0.2) is 0 Å². The molecule has 1 unspecified atom stereocenters. The van der Waals surface area contributed by atoms with Crippen molar-refractivity contribution in [2.75, 3.05) is 39.3 Å². The van der Waals surface area contributed by atoms with Gasteiger partial charge in [-0.05, 0) is 6.42 Å². The van der Waals surface area contributed by atoms with Crippen molar-refractivity contribution >= 4 is 17.7 Å². The highest BCUT2D eigenvalue weighted by molar-refractivity contribution is 5.89. The van der Waals surface area contributed by atoms with Crippen LogP contribution in [-0.4, -0.2) is 66.8 Å². The van der Waals surface area contributed by atoms with E-state index in [-0.39, 0.29) is 30.2 Å². The van der Waals surface area contributed by atoms with Crippen LogP contribution >= 0.6 is 0 Å². The maximum Gasteiger partial charge on any atom is 0.231 e. The average Bonchev–Trinajstić information content (AvgIpc) is 2.65. The molecule has 0 aromatic rings. The van der Waals surface area contributed by atoms with Crippen LogP contribution in [0.25, 0.3) is 0 Å². The summed E-state index contributed by atoms with van der Waals surface area (Å²) in [6, 6.07) is 0. The lowest BCUT2D eigenvalue weighted by Crippen LogP contribution is -2.40. The minimum Gasteiger partial charge on any atom is -0.369 e. The number of amides is 3. The topological polar surface area (TPSA) is 95.7 Å². The lowest BCUT2D eigenvalue weighted by Gasteiger charge is -2.23. The Morgan fingerprint density at radius 1 is 1.26 bits per heavy atom. The van der Waals surface area contributed by atoms with Gasteiger partial charge in [-0.1, -0.05) is 0 Å². The van der Waals surface area contributed by atoms with Gasteiger partial charge in [-0.2, -0.15) is 0 Å². The van der Waals surface area contributed by atoms with E-state index in [1.54, 1.807) is 4.90 Å². The summed E-state index contributed by atoms with van der Waals surface area (Å²) >= 11 is 0. The highest BCUT2D eigenvalue weighted by atomic mass is 16.2. The third-order valence-corrected chi connectivity index (χ3v) is 3.61. The second-order valence-electron chi connectivity index (χ2n) is 5.13. The van der Waals surface area contributed by atoms with Crippen LogP contribution < -0.4 is 11.1 Å². The number of rotatable bonds is 3. The lowest BCUT2D eigenvalue weighted by atomic mass is 10.1. The van der Waals surface area contributed by atoms with Gasteiger partial charge in [0.25, 0.3) is 0 Å². The molecule has 2 saturated heterocycles. The van der Waals surface area contributed by atoms with E-state index in [1.165, 1.54) is 0 Å². The Kier molecular flexibility index (Phi) is 4.36. The van der Waals surface area contributed by atoms with Crippen molar-refractivity contribution in [3.63, 3.8) is 0 Å². The monoisotopic (exact) mass is 268 g/mol. The summed E-state index contributed by atoms with van der Waals surface area (Å²) < 4.78 is 0. The molecule has 7 heteroatoms. The van der Waals surface area contributed by atoms with Gasteiger partial charge >= 0.3 is 0 Å². The third kappa shape index (κ3) is 3.66. The fourth-order valence-electron chi connectivity index (χ4n) is 2.61. The average molecular weight is 268 g/mol. The van der Waals surface area contributed by atoms with E-state index < -0.39 is 0 Å². The van der Waals surface area contributed by atoms with E-state index in [1.807, 2.05) is 4.90 Å². The number of carbonyl (C=O) groups excluding carboxylic acids is 3. The van der Waals surface area contributed by atoms with Crippen LogP contribution in [0.3, 0.4) is 0 Å². The summed E-state index contributed by atoms with van der Waals surface area (Å²) in [6.07, 6.45) is 1.12. The van der Waals surface area contributed by atoms with Gasteiger partial charge in [-0.15, -0.1) is 0 Å². The second kappa shape index (κ2) is 6.01. The zero-order valence-electron chi connectivity index (χ0n) is 10.9. The molecule has 0 aromatic carbocycles. The largest absolute Gasteiger partial charge is 0.369 e. The van der Waals surface area contributed by atoms with E-state index in [0.717, 1.165) is 13.0 Å². The van der Waals surface area contributed by atoms with E-state index in [2.05, 4.69) is 5.32 Å². The molecule has 3 amide bonds. The summed E-state index contributed by atoms with van der Waals surface area (Å²) in [7, 11) is 0. The quantitative estimate of drug-likeness (QED) is 0.627. The molecule has 106 valence electrons. The Labute approximate surface area is 112 Å². The third-order valence-electron chi connectivity index (χ3n) is 3.61. The van der Waals surface area contributed by atoms with Gasteiger partial charge in [-0.3, -0.25) is 19.3 Å². The van der Waals surface area contributed by atoms with Gasteiger partial charge in [0.2, 0.25) is 17.7 Å². The number of hydrogen-bond acceptors (Lipinski definition) is 4. The van der Waals surface area contributed by atoms with Gasteiger partial charge in [0.1, 0.15) is 0 Å². The molecule has 19 heavy (non-hydrogen) atoms. The standard InChI is InChI=1S/C12H20N4O3/c13-10(17)8-15-2-1-3-16(5-4-15)12(19)9-6-11(18)14-7-9/h9H,1-8H2,(H2,13,17)(H,14,18). The molecule has 3 N–H and O–H groups in total. The molecule has 0 spiro atoms. The maximum absolute atomic E-state index is 12.3. The SMILES string of the molecule is NC(=O)CN1CCCN(C(=O)C2CNC(=O)C2)CC1. The molecule has 2 fully saturated rings. The molecule has 0 aromatic heterocycles. The molecule has 2 aliphatic heterocycles. The van der Waals surface area contributed by atoms with Crippen LogP contribution in [0.4, 0.5) is 0 Å². The Hall–Kier alpha value is -1.63. The summed E-state index contributed by atoms with van der Waals surface area (Å²) in [6.45, 7) is 3.39. The van der Waals surface area contributed by atoms with Crippen molar-refractivity contribution < 1.29 is 14.4 Å². The van der Waals surface area contributed by atoms with Crippen LogP contribution in [-0.2, 0) is 14.4 Å². The zero-order valence-corrected chi connectivity index (χ0v) is 10.9. The number of nitrogens with one attached hydrogen (secondary N) is 1. The molecule has 2 rings (SSSR count). The molecular formula is C12H20N4O3. The zero-order chi connectivity index (χ0) is 13.8. The molecule has 0 saturated carbocycles. The summed E-state index contributed by atoms with van der Waals surface area (Å²) in [5, 5.41) is 2.68. The minimum absolute atomic E-state index is 0.0410. The van der Waals surface area contributed by atoms with Gasteiger partial charge in [0.05, 0.1) is 12.5 Å². The van der Waals surface area contributed by atoms with E-state index in [4.69, 9.17) is 5.73 Å². The number of nitrogens with zero attached hydrogens (tertiary/aromatic N) is 2. The minimum atomic E-state index is -0.342. The summed E-state index contributed by atoms with van der Waals surface area (Å²) in [5.74, 6) is -0.580. The Morgan fingerprint density at radius 2 is 2.05 bits per heavy atom. The summed E-state index contributed by atoms with van der Waals surface area (Å²) in [5.41, 5.74) is 5.18. The van der Waals surface area contributed by atoms with Crippen molar-refractivity contribution in [3.8, 4) is 0 Å². The van der Waals surface area contributed by atoms with Gasteiger partial charge in [0.15, 0.2) is 0 Å². The highest BCUT2D eigenvalue weighted by Gasteiger charge is 2.32. The number of nitrogens with two attached hydrogens (primary N) is 1. The molecule has 2 heterocycles. The van der Waals surface area contributed by atoms with Crippen molar-refractivity contribution in [2.45, 2.75) is 12.8 Å². The van der Waals surface area contributed by atoms with Crippen molar-refractivity contribution in [2.24, 2.45) is 11.7 Å². The first-order chi connectivity index (χ1) is 9.06. The van der Waals surface area contributed by atoms with Gasteiger partial charge in [0, 0.05) is 39.1 Å². The molecule has 7 nitrogen and oxygen atoms in total. The molecular weight excluding hydrogens is 248 g/mol. The van der Waals surface area contributed by atoms with Crippen LogP contribution in [0.2, 0.25) is 0 Å². The van der Waals surface area contributed by atoms with Crippen LogP contribution in [0.15, 0.2) is 0 Å². The first-order valence-corrected chi connectivity index (χ1v) is 6.62. The summed E-state index contributed by atoms with van der Waals surface area (Å²) in [4.78, 5) is 38.0.